The molecule has 0 saturated carbocycles. The largest absolute Gasteiger partial charge is 0 e. The summed E-state index contributed by atoms with van der Waals surface area (Å²) in [5.74, 6) is 0. The maximum absolute atomic E-state index is 7.24. The number of hydrogen-bond donors (Lipinski definition) is 0. The minimum absolute atomic E-state index is 0. The van der Waals surface area contributed by atoms with Crippen LogP contribution >= 0.6 is 0 Å². The van der Waals surface area contributed by atoms with Gasteiger partial charge in [-0.2, -0.15) is 0 Å². The molecule has 0 aliphatic carbocycles. The fraction of sp³-hybridized carbons (Fsp3) is 0. The third-order valence-electron chi connectivity index (χ3n) is 0. The van der Waals surface area contributed by atoms with Gasteiger partial charge in [-0.3, -0.25) is 0 Å². The molecule has 0 rings (SSSR count). The molecule has 0 aliphatic rings. The fourth-order valence-electron chi connectivity index (χ4n) is 0. The van der Waals surface area contributed by atoms with E-state index in [1.54, 1.807) is 4.29 Å². The third-order valence-corrected chi connectivity index (χ3v) is 0. The molecule has 0 atom stereocenters. The Bertz CT molecular complexity index is 31.1. The van der Waals surface area contributed by atoms with E-state index in [-0.39, 0.29) is 73.8 Å². The normalized spacial score (nSPS) is 1.80. The zero-order valence-electron chi connectivity index (χ0n) is 2.55. The van der Waals surface area contributed by atoms with Crippen LogP contribution in [0.15, 0.2) is 0 Å². The van der Waals surface area contributed by atoms with Gasteiger partial charge in [0.05, 0.1) is 0 Å². The van der Waals surface area contributed by atoms with Crippen molar-refractivity contribution in [2.45, 2.75) is 0 Å². The van der Waals surface area contributed by atoms with Gasteiger partial charge in [0, 0.05) is 73.8 Å². The summed E-state index contributed by atoms with van der Waals surface area (Å²) in [5, 5.41) is 7.24. The molecule has 0 spiro atoms. The SMILES string of the molecule is N#[C][Ag].[Ag].[K]. The quantitative estimate of drug-likeness (QED) is 0.556. The van der Waals surface area contributed by atoms with Gasteiger partial charge in [-0.05, 0) is 0 Å². The van der Waals surface area contributed by atoms with Crippen LogP contribution in [0, 0.1) is 9.55 Å². The van der Waals surface area contributed by atoms with Crippen LogP contribution in [0.5, 0.6) is 0 Å². The minimum Gasteiger partial charge on any atom is 0 e. The van der Waals surface area contributed by atoms with E-state index in [0.29, 0.717) is 0 Å². The average molecular weight is 281 g/mol. The van der Waals surface area contributed by atoms with Crippen molar-refractivity contribution in [2.75, 3.05) is 0 Å². The monoisotopic (exact) mass is 279 g/mol. The van der Waals surface area contributed by atoms with E-state index in [9.17, 15) is 0 Å². The number of nitriles is 1. The number of hydrogen-bond acceptors (Lipinski definition) is 1. The van der Waals surface area contributed by atoms with Crippen molar-refractivity contribution in [3.05, 3.63) is 0 Å². The van der Waals surface area contributed by atoms with Gasteiger partial charge >= 0.3 is 30.6 Å². The van der Waals surface area contributed by atoms with Crippen LogP contribution in [-0.2, 0) is 43.4 Å². The van der Waals surface area contributed by atoms with Crippen molar-refractivity contribution in [1.29, 1.82) is 5.26 Å². The molecule has 0 aromatic heterocycles. The minimum atomic E-state index is 0. The molecule has 0 fully saturated rings. The molecule has 1 nitrogen and oxygen atoms in total. The predicted molar refractivity (Wildman–Crippen MR) is 11.4 cm³/mol. The van der Waals surface area contributed by atoms with Gasteiger partial charge in [0.15, 0.2) is 0 Å². The molecule has 0 aromatic rings. The van der Waals surface area contributed by atoms with Gasteiger partial charge in [0.2, 0.25) is 0 Å². The smallest absolute Gasteiger partial charge is 0 e. The van der Waals surface area contributed by atoms with Gasteiger partial charge in [-0.1, -0.05) is 0 Å². The topological polar surface area (TPSA) is 23.8 Å². The predicted octanol–water partition coefficient (Wildman–Crippen LogP) is -0.369. The van der Waals surface area contributed by atoms with E-state index in [1.807, 2.05) is 0 Å². The summed E-state index contributed by atoms with van der Waals surface area (Å²) in [4.78, 5) is 0. The van der Waals surface area contributed by atoms with Gasteiger partial charge < -0.3 is 0 Å². The van der Waals surface area contributed by atoms with Crippen LogP contribution in [0.3, 0.4) is 0 Å². The van der Waals surface area contributed by atoms with Crippen molar-refractivity contribution in [2.24, 2.45) is 0 Å². The molecular formula is CAg2KN. The zero-order chi connectivity index (χ0) is 2.71. The van der Waals surface area contributed by atoms with Crippen molar-refractivity contribution in [3.8, 4) is 4.29 Å². The second-order valence-corrected chi connectivity index (χ2v) is 0.399. The Balaban J connectivity index is -0.0000000200. The Hall–Kier alpha value is 2.61. The summed E-state index contributed by atoms with van der Waals surface area (Å²) < 4.78 is 1.56. The summed E-state index contributed by atoms with van der Waals surface area (Å²) in [5.41, 5.74) is 0. The van der Waals surface area contributed by atoms with Crippen molar-refractivity contribution in [1.82, 2.24) is 0 Å². The number of rotatable bonds is 0. The summed E-state index contributed by atoms with van der Waals surface area (Å²) in [7, 11) is 0. The first kappa shape index (κ1) is 15.6. The van der Waals surface area contributed by atoms with Crippen LogP contribution in [0.4, 0.5) is 0 Å². The first-order chi connectivity index (χ1) is 1.41. The van der Waals surface area contributed by atoms with E-state index in [0.717, 1.165) is 0 Å². The summed E-state index contributed by atoms with van der Waals surface area (Å²) in [6, 6.07) is 0. The molecule has 0 aliphatic heterocycles. The van der Waals surface area contributed by atoms with Crippen LogP contribution in [0.1, 0.15) is 0 Å². The second-order valence-electron chi connectivity index (χ2n) is 0.0674. The number of nitrogens with zero attached hydrogens (tertiary/aromatic N) is 1. The van der Waals surface area contributed by atoms with Crippen molar-refractivity contribution < 1.29 is 43.4 Å². The van der Waals surface area contributed by atoms with Gasteiger partial charge in [-0.15, -0.1) is 0 Å². The summed E-state index contributed by atoms with van der Waals surface area (Å²) >= 11 is 2.46. The van der Waals surface area contributed by atoms with Gasteiger partial charge in [-0.25, -0.2) is 0 Å². The molecule has 0 aromatic carbocycles. The Labute approximate surface area is 102 Å². The second kappa shape index (κ2) is 16.0. The molecule has 2 radical (unpaired) electrons. The molecule has 0 N–H and O–H groups in total. The molecule has 0 heterocycles. The first-order valence-corrected chi connectivity index (χ1v) is 1.12. The van der Waals surface area contributed by atoms with E-state index in [2.05, 4.69) is 21.1 Å². The van der Waals surface area contributed by atoms with E-state index < -0.39 is 0 Å². The fourth-order valence-corrected chi connectivity index (χ4v) is 0. The molecule has 32 valence electrons. The van der Waals surface area contributed by atoms with Crippen LogP contribution < -0.4 is 0 Å². The van der Waals surface area contributed by atoms with Crippen LogP contribution in [0.25, 0.3) is 0 Å². The van der Waals surface area contributed by atoms with Crippen LogP contribution in [-0.4, -0.2) is 51.4 Å². The van der Waals surface area contributed by atoms with E-state index >= 15 is 0 Å². The molecule has 0 saturated heterocycles. The van der Waals surface area contributed by atoms with Gasteiger partial charge in [0.25, 0.3) is 0 Å². The molecule has 0 unspecified atom stereocenters. The molecule has 4 heteroatoms. The molecule has 5 heavy (non-hydrogen) atoms. The maximum Gasteiger partial charge on any atom is 0 e. The van der Waals surface area contributed by atoms with Crippen LogP contribution in [0.2, 0.25) is 0 Å². The molecular weight excluding hydrogens is 281 g/mol. The van der Waals surface area contributed by atoms with Gasteiger partial charge in [0.1, 0.15) is 0 Å². The Kier molecular flexibility index (Phi) is 50.0. The summed E-state index contributed by atoms with van der Waals surface area (Å²) in [6.07, 6.45) is 0. The average Bonchev–Trinajstić information content (AvgIpc) is 0.918. The third kappa shape index (κ3) is 20.6. The summed E-state index contributed by atoms with van der Waals surface area (Å²) in [6.45, 7) is 0. The van der Waals surface area contributed by atoms with E-state index in [1.165, 1.54) is 0 Å². The first-order valence-electron chi connectivity index (χ1n) is 0.374. The maximum atomic E-state index is 7.24. The zero-order valence-corrected chi connectivity index (χ0v) is 8.64. The Morgan fingerprint density at radius 2 is 1.60 bits per heavy atom. The van der Waals surface area contributed by atoms with E-state index in [4.69, 9.17) is 5.26 Å². The Morgan fingerprint density at radius 1 is 1.60 bits per heavy atom. The van der Waals surface area contributed by atoms with Crippen molar-refractivity contribution >= 4 is 51.4 Å². The molecule has 0 bridgehead atoms. The Morgan fingerprint density at radius 3 is 1.60 bits per heavy atom. The standard InChI is InChI=1S/CN.2Ag.K/c1-2;;;. The van der Waals surface area contributed by atoms with Crippen molar-refractivity contribution in [3.63, 3.8) is 0 Å². The molecule has 0 amide bonds.